The average Bonchev–Trinajstić information content (AvgIpc) is 2.11. The topological polar surface area (TPSA) is 55.1 Å². The predicted molar refractivity (Wildman–Crippen MR) is 54.4 cm³/mol. The van der Waals surface area contributed by atoms with Crippen LogP contribution < -0.4 is 11.1 Å². The molecule has 0 saturated carbocycles. The van der Waals surface area contributed by atoms with E-state index in [-0.39, 0.29) is 11.7 Å². The van der Waals surface area contributed by atoms with Crippen LogP contribution in [0.1, 0.15) is 5.56 Å². The van der Waals surface area contributed by atoms with Crippen molar-refractivity contribution in [3.8, 4) is 0 Å². The maximum Gasteiger partial charge on any atom is 0.241 e. The quantitative estimate of drug-likeness (QED) is 0.740. The molecular weight excluding hydrogens is 251 g/mol. The maximum atomic E-state index is 13.1. The van der Waals surface area contributed by atoms with Gasteiger partial charge in [-0.1, -0.05) is 0 Å². The Morgan fingerprint density at radius 1 is 1.57 bits per heavy atom. The van der Waals surface area contributed by atoms with Crippen LogP contribution >= 0.6 is 15.9 Å². The summed E-state index contributed by atoms with van der Waals surface area (Å²) in [7, 11) is 0. The molecule has 2 rings (SSSR count). The molecule has 1 aromatic rings. The van der Waals surface area contributed by atoms with Crippen LogP contribution in [0.25, 0.3) is 0 Å². The Kier molecular flexibility index (Phi) is 2.28. The van der Waals surface area contributed by atoms with Gasteiger partial charge >= 0.3 is 0 Å². The minimum absolute atomic E-state index is 0.265. The number of rotatable bonds is 0. The fourth-order valence-electron chi connectivity index (χ4n) is 1.43. The molecule has 1 aliphatic rings. The van der Waals surface area contributed by atoms with E-state index in [2.05, 4.69) is 21.2 Å². The minimum atomic E-state index is -0.542. The van der Waals surface area contributed by atoms with Crippen molar-refractivity contribution < 1.29 is 9.18 Å². The zero-order valence-corrected chi connectivity index (χ0v) is 8.77. The lowest BCUT2D eigenvalue weighted by molar-refractivity contribution is -0.117. The number of anilines is 1. The Morgan fingerprint density at radius 3 is 3.00 bits per heavy atom. The summed E-state index contributed by atoms with van der Waals surface area (Å²) in [5.74, 6) is -0.654. The van der Waals surface area contributed by atoms with Gasteiger partial charge in [-0.05, 0) is 40.0 Å². The lowest BCUT2D eigenvalue weighted by Gasteiger charge is -2.21. The second-order valence-electron chi connectivity index (χ2n) is 3.22. The van der Waals surface area contributed by atoms with Gasteiger partial charge < -0.3 is 11.1 Å². The zero-order chi connectivity index (χ0) is 10.3. The second-order valence-corrected chi connectivity index (χ2v) is 4.08. The van der Waals surface area contributed by atoms with Gasteiger partial charge in [-0.25, -0.2) is 4.39 Å². The number of nitrogens with one attached hydrogen (secondary N) is 1. The Labute approximate surface area is 88.6 Å². The molecule has 0 radical (unpaired) electrons. The molecule has 3 nitrogen and oxygen atoms in total. The third-order valence-electron chi connectivity index (χ3n) is 2.18. The number of amides is 1. The first-order valence-electron chi connectivity index (χ1n) is 4.12. The van der Waals surface area contributed by atoms with Crippen LogP contribution in [0, 0.1) is 5.82 Å². The van der Waals surface area contributed by atoms with Crippen LogP contribution in [0.15, 0.2) is 16.6 Å². The molecule has 74 valence electrons. The normalized spacial score (nSPS) is 20.2. The van der Waals surface area contributed by atoms with Crippen LogP contribution in [-0.2, 0) is 11.2 Å². The summed E-state index contributed by atoms with van der Waals surface area (Å²) >= 11 is 3.08. The first kappa shape index (κ1) is 9.61. The van der Waals surface area contributed by atoms with Crippen molar-refractivity contribution in [2.45, 2.75) is 12.5 Å². The molecule has 0 fully saturated rings. The molecule has 0 aliphatic carbocycles. The lowest BCUT2D eigenvalue weighted by Crippen LogP contribution is -2.41. The van der Waals surface area contributed by atoms with E-state index in [1.165, 1.54) is 6.07 Å². The van der Waals surface area contributed by atoms with Gasteiger partial charge in [-0.15, -0.1) is 0 Å². The molecule has 3 N–H and O–H groups in total. The van der Waals surface area contributed by atoms with Gasteiger partial charge in [0.15, 0.2) is 0 Å². The number of carbonyl (C=O) groups excluding carboxylic acids is 1. The van der Waals surface area contributed by atoms with Gasteiger partial charge in [0.25, 0.3) is 0 Å². The van der Waals surface area contributed by atoms with Crippen molar-refractivity contribution in [1.29, 1.82) is 0 Å². The van der Waals surface area contributed by atoms with Gasteiger partial charge in [0.2, 0.25) is 5.91 Å². The van der Waals surface area contributed by atoms with E-state index in [9.17, 15) is 9.18 Å². The molecule has 14 heavy (non-hydrogen) atoms. The van der Waals surface area contributed by atoms with Gasteiger partial charge in [0.05, 0.1) is 10.5 Å². The van der Waals surface area contributed by atoms with E-state index in [1.807, 2.05) is 0 Å². The summed E-state index contributed by atoms with van der Waals surface area (Å²) < 4.78 is 13.5. The molecule has 1 atom stereocenters. The summed E-state index contributed by atoms with van der Waals surface area (Å²) in [5, 5.41) is 2.55. The summed E-state index contributed by atoms with van der Waals surface area (Å²) in [5.41, 5.74) is 6.92. The lowest BCUT2D eigenvalue weighted by atomic mass is 10.00. The Morgan fingerprint density at radius 2 is 2.29 bits per heavy atom. The van der Waals surface area contributed by atoms with Gasteiger partial charge in [-0.2, -0.15) is 0 Å². The molecule has 0 spiro atoms. The molecule has 1 aromatic carbocycles. The van der Waals surface area contributed by atoms with Crippen LogP contribution in [0.4, 0.5) is 10.1 Å². The van der Waals surface area contributed by atoms with Crippen LogP contribution in [0.5, 0.6) is 0 Å². The summed E-state index contributed by atoms with van der Waals surface area (Å²) in [4.78, 5) is 11.2. The molecular formula is C9H8BrFN2O. The largest absolute Gasteiger partial charge is 0.324 e. The van der Waals surface area contributed by atoms with Gasteiger partial charge in [0.1, 0.15) is 5.82 Å². The molecule has 1 unspecified atom stereocenters. The van der Waals surface area contributed by atoms with Crippen molar-refractivity contribution >= 4 is 27.5 Å². The van der Waals surface area contributed by atoms with E-state index in [0.717, 1.165) is 5.56 Å². The standard InChI is InChI=1S/C9H8BrFN2O/c10-5-1-4-2-7(12)9(14)13-8(4)3-6(5)11/h1,3,7H,2,12H2,(H,13,14). The molecule has 0 saturated heterocycles. The highest BCUT2D eigenvalue weighted by molar-refractivity contribution is 9.10. The molecule has 5 heteroatoms. The second kappa shape index (κ2) is 3.33. The summed E-state index contributed by atoms with van der Waals surface area (Å²) in [6.45, 7) is 0. The third kappa shape index (κ3) is 1.53. The van der Waals surface area contributed by atoms with E-state index < -0.39 is 6.04 Å². The van der Waals surface area contributed by atoms with Gasteiger partial charge in [-0.3, -0.25) is 4.79 Å². The number of benzene rings is 1. The first-order chi connectivity index (χ1) is 6.58. The van der Waals surface area contributed by atoms with Crippen LogP contribution in [-0.4, -0.2) is 11.9 Å². The zero-order valence-electron chi connectivity index (χ0n) is 7.18. The van der Waals surface area contributed by atoms with E-state index >= 15 is 0 Å². The smallest absolute Gasteiger partial charge is 0.241 e. The number of nitrogens with two attached hydrogens (primary N) is 1. The predicted octanol–water partition coefficient (Wildman–Crippen LogP) is 1.41. The Balaban J connectivity index is 2.47. The minimum Gasteiger partial charge on any atom is -0.324 e. The van der Waals surface area contributed by atoms with Crippen molar-refractivity contribution in [2.75, 3.05) is 5.32 Å². The highest BCUT2D eigenvalue weighted by Crippen LogP contribution is 2.28. The van der Waals surface area contributed by atoms with E-state index in [0.29, 0.717) is 16.6 Å². The molecule has 0 aromatic heterocycles. The SMILES string of the molecule is NC1Cc2cc(Br)c(F)cc2NC1=O. The van der Waals surface area contributed by atoms with Gasteiger partial charge in [0, 0.05) is 5.69 Å². The maximum absolute atomic E-state index is 13.1. The Bertz CT molecular complexity index is 408. The summed E-state index contributed by atoms with van der Waals surface area (Å²) in [6, 6.07) is 2.40. The van der Waals surface area contributed by atoms with E-state index in [4.69, 9.17) is 5.73 Å². The van der Waals surface area contributed by atoms with Crippen molar-refractivity contribution in [3.63, 3.8) is 0 Å². The molecule has 1 heterocycles. The summed E-state index contributed by atoms with van der Waals surface area (Å²) in [6.07, 6.45) is 0.444. The highest BCUT2D eigenvalue weighted by atomic mass is 79.9. The van der Waals surface area contributed by atoms with Crippen molar-refractivity contribution in [2.24, 2.45) is 5.73 Å². The monoisotopic (exact) mass is 258 g/mol. The van der Waals surface area contributed by atoms with Crippen molar-refractivity contribution in [3.05, 3.63) is 28.0 Å². The molecule has 0 bridgehead atoms. The number of hydrogen-bond acceptors (Lipinski definition) is 2. The van der Waals surface area contributed by atoms with Crippen LogP contribution in [0.2, 0.25) is 0 Å². The highest BCUT2D eigenvalue weighted by Gasteiger charge is 2.23. The Hall–Kier alpha value is -0.940. The number of carbonyl (C=O) groups is 1. The molecule has 1 aliphatic heterocycles. The number of halogens is 2. The first-order valence-corrected chi connectivity index (χ1v) is 4.91. The average molecular weight is 259 g/mol. The van der Waals surface area contributed by atoms with Crippen LogP contribution in [0.3, 0.4) is 0 Å². The fraction of sp³-hybridized carbons (Fsp3) is 0.222. The number of fused-ring (bicyclic) bond motifs is 1. The third-order valence-corrected chi connectivity index (χ3v) is 2.79. The number of hydrogen-bond donors (Lipinski definition) is 2. The molecule has 1 amide bonds. The van der Waals surface area contributed by atoms with E-state index in [1.54, 1.807) is 6.07 Å². The fourth-order valence-corrected chi connectivity index (χ4v) is 1.82. The van der Waals surface area contributed by atoms with Crippen molar-refractivity contribution in [1.82, 2.24) is 0 Å².